The SMILES string of the molecule is CCc1[nH]c(C(=O)NC2CCN(c3nc(C)c(C(=O)O)o3)CC2OC)nc1Cl. The monoisotopic (exact) mass is 411 g/mol. The molecule has 3 rings (SSSR count). The van der Waals surface area contributed by atoms with Crippen molar-refractivity contribution in [1.29, 1.82) is 0 Å². The number of methoxy groups -OCH3 is 1. The van der Waals surface area contributed by atoms with Crippen molar-refractivity contribution in [2.45, 2.75) is 38.8 Å². The first-order valence-corrected chi connectivity index (χ1v) is 9.25. The summed E-state index contributed by atoms with van der Waals surface area (Å²) in [6.07, 6.45) is 0.865. The van der Waals surface area contributed by atoms with Gasteiger partial charge in [0.25, 0.3) is 11.9 Å². The van der Waals surface area contributed by atoms with Crippen LogP contribution in [0.2, 0.25) is 5.15 Å². The lowest BCUT2D eigenvalue weighted by molar-refractivity contribution is 0.0526. The van der Waals surface area contributed by atoms with Gasteiger partial charge in [-0.05, 0) is 19.8 Å². The minimum absolute atomic E-state index is 0.161. The molecule has 3 N–H and O–H groups in total. The number of rotatable bonds is 6. The molecule has 1 saturated heterocycles. The Labute approximate surface area is 166 Å². The third-order valence-electron chi connectivity index (χ3n) is 4.73. The molecule has 0 spiro atoms. The largest absolute Gasteiger partial charge is 0.475 e. The molecule has 1 fully saturated rings. The third-order valence-corrected chi connectivity index (χ3v) is 5.04. The number of carboxylic acid groups (broad SMARTS) is 1. The number of anilines is 1. The van der Waals surface area contributed by atoms with Crippen molar-refractivity contribution in [3.63, 3.8) is 0 Å². The Balaban J connectivity index is 1.68. The third kappa shape index (κ3) is 3.97. The number of H-pyrrole nitrogens is 1. The average Bonchev–Trinajstić information content (AvgIpc) is 3.24. The zero-order valence-corrected chi connectivity index (χ0v) is 16.5. The van der Waals surface area contributed by atoms with Crippen LogP contribution in [-0.4, -0.2) is 64.3 Å². The van der Waals surface area contributed by atoms with Crippen LogP contribution in [-0.2, 0) is 11.2 Å². The quantitative estimate of drug-likeness (QED) is 0.653. The van der Waals surface area contributed by atoms with Crippen LogP contribution >= 0.6 is 11.6 Å². The van der Waals surface area contributed by atoms with Crippen molar-refractivity contribution in [1.82, 2.24) is 20.3 Å². The summed E-state index contributed by atoms with van der Waals surface area (Å²) in [6, 6.07) is -0.0233. The minimum atomic E-state index is -1.16. The number of halogens is 1. The zero-order valence-electron chi connectivity index (χ0n) is 15.8. The summed E-state index contributed by atoms with van der Waals surface area (Å²) in [5.41, 5.74) is 1.02. The van der Waals surface area contributed by atoms with Gasteiger partial charge in [0.15, 0.2) is 11.0 Å². The van der Waals surface area contributed by atoms with Crippen LogP contribution in [0, 0.1) is 6.92 Å². The number of nitrogens with zero attached hydrogens (tertiary/aromatic N) is 3. The number of amides is 1. The highest BCUT2D eigenvalue weighted by Crippen LogP contribution is 2.24. The number of oxazole rings is 1. The number of aromatic carboxylic acids is 1. The zero-order chi connectivity index (χ0) is 20.4. The molecule has 1 aliphatic heterocycles. The van der Waals surface area contributed by atoms with E-state index in [1.807, 2.05) is 6.92 Å². The van der Waals surface area contributed by atoms with Crippen LogP contribution in [0.1, 0.15) is 45.9 Å². The second-order valence-corrected chi connectivity index (χ2v) is 6.87. The van der Waals surface area contributed by atoms with E-state index in [1.54, 1.807) is 18.9 Å². The van der Waals surface area contributed by atoms with Crippen molar-refractivity contribution in [2.75, 3.05) is 25.1 Å². The van der Waals surface area contributed by atoms with Crippen LogP contribution < -0.4 is 10.2 Å². The van der Waals surface area contributed by atoms with Gasteiger partial charge in [-0.25, -0.2) is 9.78 Å². The highest BCUT2D eigenvalue weighted by molar-refractivity contribution is 6.30. The summed E-state index contributed by atoms with van der Waals surface area (Å²) in [6.45, 7) is 4.40. The number of imidazole rings is 1. The van der Waals surface area contributed by atoms with E-state index in [9.17, 15) is 9.59 Å². The topological polar surface area (TPSA) is 134 Å². The van der Waals surface area contributed by atoms with Crippen molar-refractivity contribution >= 4 is 29.5 Å². The lowest BCUT2D eigenvalue weighted by Gasteiger charge is -2.37. The Bertz CT molecular complexity index is 879. The van der Waals surface area contributed by atoms with Gasteiger partial charge in [-0.15, -0.1) is 0 Å². The van der Waals surface area contributed by atoms with Gasteiger partial charge in [0.2, 0.25) is 5.76 Å². The fourth-order valence-corrected chi connectivity index (χ4v) is 3.44. The molecule has 1 amide bonds. The molecule has 2 aromatic rings. The van der Waals surface area contributed by atoms with E-state index < -0.39 is 5.97 Å². The first-order chi connectivity index (χ1) is 13.3. The van der Waals surface area contributed by atoms with Crippen LogP contribution in [0.3, 0.4) is 0 Å². The van der Waals surface area contributed by atoms with Crippen LogP contribution in [0.25, 0.3) is 0 Å². The molecule has 2 atom stereocenters. The maximum absolute atomic E-state index is 12.5. The molecule has 152 valence electrons. The van der Waals surface area contributed by atoms with Crippen molar-refractivity contribution < 1.29 is 23.8 Å². The van der Waals surface area contributed by atoms with E-state index in [2.05, 4.69) is 20.3 Å². The van der Waals surface area contributed by atoms with Gasteiger partial charge in [-0.2, -0.15) is 4.98 Å². The fourth-order valence-electron chi connectivity index (χ4n) is 3.18. The second kappa shape index (κ2) is 8.19. The van der Waals surface area contributed by atoms with Crippen LogP contribution in [0.4, 0.5) is 6.01 Å². The molecule has 28 heavy (non-hydrogen) atoms. The van der Waals surface area contributed by atoms with E-state index in [-0.39, 0.29) is 35.7 Å². The standard InChI is InChI=1S/C17H22ClN5O5/c1-4-9-13(18)22-14(20-9)15(24)21-10-5-6-23(7-11(10)27-3)17-19-8(2)12(28-17)16(25)26/h10-11H,4-7H2,1-3H3,(H,20,22)(H,21,24)(H,25,26). The predicted molar refractivity (Wildman–Crippen MR) is 100 cm³/mol. The van der Waals surface area contributed by atoms with Crippen LogP contribution in [0.15, 0.2) is 4.42 Å². The predicted octanol–water partition coefficient (Wildman–Crippen LogP) is 1.64. The number of aromatic amines is 1. The van der Waals surface area contributed by atoms with E-state index in [1.165, 1.54) is 0 Å². The lowest BCUT2D eigenvalue weighted by atomic mass is 10.0. The van der Waals surface area contributed by atoms with Crippen LogP contribution in [0.5, 0.6) is 0 Å². The molecule has 0 saturated carbocycles. The Kier molecular flexibility index (Phi) is 5.90. The summed E-state index contributed by atoms with van der Waals surface area (Å²) in [7, 11) is 1.55. The van der Waals surface area contributed by atoms with Crippen molar-refractivity contribution in [2.24, 2.45) is 0 Å². The molecule has 0 radical (unpaired) electrons. The summed E-state index contributed by atoms with van der Waals surface area (Å²) in [4.78, 5) is 36.6. The van der Waals surface area contributed by atoms with Gasteiger partial charge in [-0.3, -0.25) is 4.79 Å². The Morgan fingerprint density at radius 3 is 2.79 bits per heavy atom. The Hall–Kier alpha value is -2.59. The Morgan fingerprint density at radius 2 is 2.21 bits per heavy atom. The molecule has 2 aromatic heterocycles. The van der Waals surface area contributed by atoms with Gasteiger partial charge < -0.3 is 29.5 Å². The highest BCUT2D eigenvalue weighted by atomic mass is 35.5. The number of piperidine rings is 1. The van der Waals surface area contributed by atoms with Gasteiger partial charge in [0.05, 0.1) is 30.1 Å². The number of ether oxygens (including phenoxy) is 1. The number of aromatic nitrogens is 3. The molecule has 0 bridgehead atoms. The lowest BCUT2D eigenvalue weighted by Crippen LogP contribution is -2.55. The van der Waals surface area contributed by atoms with Gasteiger partial charge in [0, 0.05) is 13.7 Å². The maximum Gasteiger partial charge on any atom is 0.373 e. The van der Waals surface area contributed by atoms with Crippen molar-refractivity contribution in [3.05, 3.63) is 28.1 Å². The molecule has 1 aliphatic rings. The highest BCUT2D eigenvalue weighted by Gasteiger charge is 2.33. The molecular weight excluding hydrogens is 390 g/mol. The molecule has 3 heterocycles. The normalized spacial score (nSPS) is 19.6. The molecular formula is C17H22ClN5O5. The maximum atomic E-state index is 12.5. The summed E-state index contributed by atoms with van der Waals surface area (Å²) >= 11 is 6.00. The van der Waals surface area contributed by atoms with Crippen molar-refractivity contribution in [3.8, 4) is 0 Å². The number of hydrogen-bond donors (Lipinski definition) is 3. The van der Waals surface area contributed by atoms with E-state index in [4.69, 9.17) is 25.9 Å². The number of carbonyl (C=O) groups is 2. The van der Waals surface area contributed by atoms with E-state index in [0.29, 0.717) is 42.5 Å². The first kappa shape index (κ1) is 20.2. The average molecular weight is 412 g/mol. The van der Waals surface area contributed by atoms with E-state index >= 15 is 0 Å². The van der Waals surface area contributed by atoms with Gasteiger partial charge in [0.1, 0.15) is 0 Å². The molecule has 0 aliphatic carbocycles. The number of aryl methyl sites for hydroxylation is 2. The summed E-state index contributed by atoms with van der Waals surface area (Å²) in [5, 5.41) is 12.3. The smallest absolute Gasteiger partial charge is 0.373 e. The van der Waals surface area contributed by atoms with Gasteiger partial charge in [-0.1, -0.05) is 18.5 Å². The first-order valence-electron chi connectivity index (χ1n) is 8.87. The van der Waals surface area contributed by atoms with Gasteiger partial charge >= 0.3 is 5.97 Å². The van der Waals surface area contributed by atoms with E-state index in [0.717, 1.165) is 0 Å². The number of carbonyl (C=O) groups excluding carboxylic acids is 1. The number of nitrogens with one attached hydrogen (secondary N) is 2. The molecule has 10 nitrogen and oxygen atoms in total. The number of hydrogen-bond acceptors (Lipinski definition) is 7. The number of carboxylic acids is 1. The summed E-state index contributed by atoms with van der Waals surface area (Å²) in [5.74, 6) is -1.54. The molecule has 11 heteroatoms. The fraction of sp³-hybridized carbons (Fsp3) is 0.529. The Morgan fingerprint density at radius 1 is 1.46 bits per heavy atom. The molecule has 0 aromatic carbocycles. The summed E-state index contributed by atoms with van der Waals surface area (Å²) < 4.78 is 10.9. The minimum Gasteiger partial charge on any atom is -0.475 e. The molecule has 2 unspecified atom stereocenters. The second-order valence-electron chi connectivity index (χ2n) is 6.51.